The second-order valence-electron chi connectivity index (χ2n) is 4.67. The van der Waals surface area contributed by atoms with Gasteiger partial charge in [-0.05, 0) is 12.2 Å². The van der Waals surface area contributed by atoms with Crippen molar-refractivity contribution < 1.29 is 39.3 Å². The molecule has 1 N–H and O–H groups in total. The molecule has 8 nitrogen and oxygen atoms in total. The average molecular weight is 300 g/mol. The minimum Gasteiger partial charge on any atom is -0.550 e. The summed E-state index contributed by atoms with van der Waals surface area (Å²) in [4.78, 5) is 28.8. The minimum atomic E-state index is -1.55. The number of hydrogen-bond acceptors (Lipinski definition) is 7. The molecule has 0 aliphatic carbocycles. The topological polar surface area (TPSA) is 141 Å². The maximum absolute atomic E-state index is 10.0. The van der Waals surface area contributed by atoms with Gasteiger partial charge in [-0.25, -0.2) is 0 Å². The Morgan fingerprint density at radius 2 is 1.40 bits per heavy atom. The van der Waals surface area contributed by atoms with Gasteiger partial charge in [0.2, 0.25) is 0 Å². The third-order valence-electron chi connectivity index (χ3n) is 1.52. The van der Waals surface area contributed by atoms with Crippen LogP contribution in [0.4, 0.5) is 0 Å². The first-order valence-electron chi connectivity index (χ1n) is 5.22. The van der Waals surface area contributed by atoms with Gasteiger partial charge in [0.15, 0.2) is 0 Å². The Hall–Kier alpha value is -1.16. The molecule has 0 unspecified atom stereocenters. The van der Waals surface area contributed by atoms with Gasteiger partial charge >= 0.3 is 23.1 Å². The maximum Gasteiger partial charge on any atom is 2.00 e. The van der Waals surface area contributed by atoms with Crippen LogP contribution in [0.1, 0.15) is 6.42 Å². The van der Waals surface area contributed by atoms with Crippen LogP contribution in [0.15, 0.2) is 12.2 Å². The van der Waals surface area contributed by atoms with E-state index in [2.05, 4.69) is 0 Å². The number of aliphatic carboxylic acids is 3. The van der Waals surface area contributed by atoms with E-state index in [-0.39, 0.29) is 29.5 Å². The van der Waals surface area contributed by atoms with Crippen molar-refractivity contribution in [3.8, 4) is 0 Å². The molecule has 0 saturated heterocycles. The summed E-state index contributed by atoms with van der Waals surface area (Å²) in [7, 11) is 5.66. The van der Waals surface area contributed by atoms with Gasteiger partial charge < -0.3 is 39.3 Å². The van der Waals surface area contributed by atoms with Crippen molar-refractivity contribution in [1.29, 1.82) is 0 Å². The molecule has 0 saturated carbocycles. The fourth-order valence-corrected chi connectivity index (χ4v) is 1.03. The summed E-state index contributed by atoms with van der Waals surface area (Å²) in [6.07, 6.45) is -0.319. The molecule has 0 radical (unpaired) electrons. The Morgan fingerprint density at radius 1 is 1.05 bits per heavy atom. The van der Waals surface area contributed by atoms with Crippen molar-refractivity contribution in [2.45, 2.75) is 12.5 Å². The fourth-order valence-electron chi connectivity index (χ4n) is 1.03. The summed E-state index contributed by atoms with van der Waals surface area (Å²) < 4.78 is 0.550. The van der Waals surface area contributed by atoms with Gasteiger partial charge in [0.05, 0.1) is 33.1 Å². The molecule has 0 amide bonds. The summed E-state index contributed by atoms with van der Waals surface area (Å²) in [5, 5.41) is 38.0. The molecule has 9 heteroatoms. The van der Waals surface area contributed by atoms with Crippen LogP contribution in [0.3, 0.4) is 0 Å². The first kappa shape index (κ1) is 23.9. The Labute approximate surface area is 133 Å². The monoisotopic (exact) mass is 299 g/mol. The van der Waals surface area contributed by atoms with Crippen LogP contribution < -0.4 is 15.3 Å². The molecule has 0 heterocycles. The number of carboxylic acid groups (broad SMARTS) is 3. The number of aliphatic hydroxyl groups excluding tert-OH is 1. The number of quaternary nitrogens is 1. The number of aliphatic hydroxyl groups is 1. The molecule has 0 aromatic carbocycles. The van der Waals surface area contributed by atoms with Crippen LogP contribution in [-0.4, -0.2) is 84.3 Å². The van der Waals surface area contributed by atoms with E-state index in [1.807, 2.05) is 21.1 Å². The molecule has 0 rings (SSSR count). The van der Waals surface area contributed by atoms with E-state index >= 15 is 0 Å². The van der Waals surface area contributed by atoms with E-state index in [4.69, 9.17) is 5.11 Å². The molecule has 0 aromatic heterocycles. The van der Waals surface area contributed by atoms with Crippen molar-refractivity contribution in [3.05, 3.63) is 12.2 Å². The standard InChI is InChI=1S/C7H15NO3.C4H4O4.Mg/c1-8(2,3)5-6(9)4-7(10)11;5-3(6)1-2-4(7)8;/h6,9H,4-5H2,1-3H3;1-2H,(H,5,6)(H,7,8);/q;;+2/p-2/t6-;;/m1../s1. The predicted octanol–water partition coefficient (Wildman–Crippen LogP) is -5.14. The molecule has 1 atom stereocenters. The van der Waals surface area contributed by atoms with E-state index < -0.39 is 24.0 Å². The average Bonchev–Trinajstić information content (AvgIpc) is 2.10. The second-order valence-corrected chi connectivity index (χ2v) is 4.67. The smallest absolute Gasteiger partial charge is 0.550 e. The molecular weight excluding hydrogens is 282 g/mol. The number of hydrogen-bond donors (Lipinski definition) is 1. The van der Waals surface area contributed by atoms with Gasteiger partial charge in [-0.2, -0.15) is 0 Å². The van der Waals surface area contributed by atoms with Gasteiger partial charge in [0, 0.05) is 12.4 Å². The SMILES string of the molecule is C[N+](C)(C)C[C@H](O)CC(=O)[O-].O=C([O-])C=CC(=O)[O-].[Mg+2]. The summed E-state index contributed by atoms with van der Waals surface area (Å²) in [5.74, 6) is -4.30. The normalized spacial score (nSPS) is 11.8. The maximum atomic E-state index is 10.0. The Kier molecular flexibility index (Phi) is 13.9. The van der Waals surface area contributed by atoms with Crippen molar-refractivity contribution >= 4 is 41.0 Å². The van der Waals surface area contributed by atoms with Gasteiger partial charge in [-0.1, -0.05) is 0 Å². The van der Waals surface area contributed by atoms with Crippen molar-refractivity contribution in [3.63, 3.8) is 0 Å². The van der Waals surface area contributed by atoms with Gasteiger partial charge in [-0.3, -0.25) is 0 Å². The van der Waals surface area contributed by atoms with E-state index in [0.29, 0.717) is 23.2 Å². The first-order valence-corrected chi connectivity index (χ1v) is 5.22. The number of likely N-dealkylation sites (N-methyl/N-ethyl adjacent to an activating group) is 1. The number of rotatable bonds is 6. The summed E-state index contributed by atoms with van der Waals surface area (Å²) in [5.41, 5.74) is 0. The third kappa shape index (κ3) is 25.6. The minimum absolute atomic E-state index is 0. The van der Waals surface area contributed by atoms with Crippen molar-refractivity contribution in [1.82, 2.24) is 0 Å². The Bertz CT molecular complexity index is 333. The number of carbonyl (C=O) groups is 3. The van der Waals surface area contributed by atoms with E-state index in [0.717, 1.165) is 0 Å². The van der Waals surface area contributed by atoms with Gasteiger partial charge in [-0.15, -0.1) is 0 Å². The van der Waals surface area contributed by atoms with Gasteiger partial charge in [0.1, 0.15) is 12.6 Å². The molecule has 0 spiro atoms. The Morgan fingerprint density at radius 3 is 1.60 bits per heavy atom. The molecule has 110 valence electrons. The van der Waals surface area contributed by atoms with E-state index in [9.17, 15) is 29.7 Å². The summed E-state index contributed by atoms with van der Waals surface area (Å²) in [6, 6.07) is 0. The summed E-state index contributed by atoms with van der Waals surface area (Å²) in [6.45, 7) is 0.425. The van der Waals surface area contributed by atoms with Crippen molar-refractivity contribution in [2.75, 3.05) is 27.7 Å². The molecule has 0 aliphatic rings. The zero-order chi connectivity index (χ0) is 15.6. The van der Waals surface area contributed by atoms with Crippen LogP contribution in [0.5, 0.6) is 0 Å². The first-order chi connectivity index (χ1) is 8.44. The number of carboxylic acids is 3. The Balaban J connectivity index is -0.000000288. The number of carbonyl (C=O) groups excluding carboxylic acids is 3. The van der Waals surface area contributed by atoms with E-state index in [1.165, 1.54) is 0 Å². The molecular formula is C11H17MgNO7. The zero-order valence-electron chi connectivity index (χ0n) is 11.7. The van der Waals surface area contributed by atoms with E-state index in [1.54, 1.807) is 0 Å². The molecule has 0 bridgehead atoms. The van der Waals surface area contributed by atoms with Crippen LogP contribution in [0.25, 0.3) is 0 Å². The fraction of sp³-hybridized carbons (Fsp3) is 0.545. The predicted molar refractivity (Wildman–Crippen MR) is 63.4 cm³/mol. The van der Waals surface area contributed by atoms with Gasteiger partial charge in [0.25, 0.3) is 0 Å². The van der Waals surface area contributed by atoms with Crippen molar-refractivity contribution in [2.24, 2.45) is 0 Å². The summed E-state index contributed by atoms with van der Waals surface area (Å²) >= 11 is 0. The third-order valence-corrected chi connectivity index (χ3v) is 1.52. The quantitative estimate of drug-likeness (QED) is 0.294. The van der Waals surface area contributed by atoms with Crippen LogP contribution >= 0.6 is 0 Å². The molecule has 0 fully saturated rings. The number of nitrogens with zero attached hydrogens (tertiary/aromatic N) is 1. The van der Waals surface area contributed by atoms with Crippen LogP contribution in [-0.2, 0) is 14.4 Å². The largest absolute Gasteiger partial charge is 2.00 e. The van der Waals surface area contributed by atoms with Crippen LogP contribution in [0, 0.1) is 0 Å². The zero-order valence-corrected chi connectivity index (χ0v) is 13.1. The molecule has 0 aliphatic heterocycles. The molecule has 20 heavy (non-hydrogen) atoms. The van der Waals surface area contributed by atoms with Crippen LogP contribution in [0.2, 0.25) is 0 Å². The molecule has 0 aromatic rings. The second kappa shape index (κ2) is 11.6.